The quantitative estimate of drug-likeness (QED) is 0.178. The summed E-state index contributed by atoms with van der Waals surface area (Å²) in [6.07, 6.45) is -17.5. The van der Waals surface area contributed by atoms with Crippen LogP contribution in [-0.4, -0.2) is 120 Å². The lowest BCUT2D eigenvalue weighted by molar-refractivity contribution is -0.375. The summed E-state index contributed by atoms with van der Waals surface area (Å²) in [6, 6.07) is 0. The van der Waals surface area contributed by atoms with Crippen molar-refractivity contribution in [3.63, 3.8) is 0 Å². The van der Waals surface area contributed by atoms with Crippen LogP contribution in [0.3, 0.4) is 0 Å². The van der Waals surface area contributed by atoms with Crippen molar-refractivity contribution in [3.8, 4) is 0 Å². The third-order valence-corrected chi connectivity index (χ3v) is 4.72. The van der Waals surface area contributed by atoms with Crippen LogP contribution in [0.5, 0.6) is 0 Å². The zero-order valence-electron chi connectivity index (χ0n) is 13.7. The maximum Gasteiger partial charge on any atom is 0.470 e. The number of rotatable bonds is 6. The molecule has 0 aliphatic carbocycles. The van der Waals surface area contributed by atoms with Crippen LogP contribution >= 0.6 is 7.82 Å². The molecule has 0 amide bonds. The molecule has 27 heavy (non-hydrogen) atoms. The van der Waals surface area contributed by atoms with Crippen LogP contribution in [0, 0.1) is 0 Å². The second kappa shape index (κ2) is 9.02. The molecule has 14 nitrogen and oxygen atoms in total. The third kappa shape index (κ3) is 5.20. The van der Waals surface area contributed by atoms with Crippen molar-refractivity contribution in [1.82, 2.24) is 0 Å². The average molecular weight is 434 g/mol. The van der Waals surface area contributed by atoms with Gasteiger partial charge >= 0.3 is 7.82 Å². The average Bonchev–Trinajstić information content (AvgIpc) is 2.60. The molecule has 2 rings (SSSR count). The lowest BCUT2D eigenvalue weighted by Gasteiger charge is -2.45. The number of ether oxygens (including phenoxy) is 3. The van der Waals surface area contributed by atoms with Gasteiger partial charge in [0.1, 0.15) is 48.8 Å². The van der Waals surface area contributed by atoms with Gasteiger partial charge in [-0.25, -0.2) is 4.57 Å². The van der Waals surface area contributed by atoms with Gasteiger partial charge < -0.3 is 59.7 Å². The van der Waals surface area contributed by atoms with E-state index >= 15 is 0 Å². The predicted octanol–water partition coefficient (Wildman–Crippen LogP) is -5.28. The van der Waals surface area contributed by atoms with Gasteiger partial charge in [0.2, 0.25) is 0 Å². The summed E-state index contributed by atoms with van der Waals surface area (Å²) in [6.45, 7) is -1.59. The van der Waals surface area contributed by atoms with E-state index in [2.05, 4.69) is 4.52 Å². The highest BCUT2D eigenvalue weighted by Gasteiger charge is 2.51. The van der Waals surface area contributed by atoms with E-state index in [1.807, 2.05) is 0 Å². The summed E-state index contributed by atoms with van der Waals surface area (Å²) >= 11 is 0. The number of aliphatic hydroxyl groups excluding tert-OH is 7. The van der Waals surface area contributed by atoms with Crippen molar-refractivity contribution in [2.75, 3.05) is 13.2 Å². The lowest BCUT2D eigenvalue weighted by Crippen LogP contribution is -2.64. The first-order chi connectivity index (χ1) is 12.5. The van der Waals surface area contributed by atoms with Crippen molar-refractivity contribution < 1.29 is 68.8 Å². The number of phosphoric ester groups is 1. The molecule has 0 unspecified atom stereocenters. The molecule has 0 radical (unpaired) electrons. The number of phosphoric acid groups is 1. The molecule has 2 heterocycles. The molecule has 0 aromatic carbocycles. The van der Waals surface area contributed by atoms with E-state index in [0.717, 1.165) is 0 Å². The van der Waals surface area contributed by atoms with Gasteiger partial charge in [-0.15, -0.1) is 0 Å². The Morgan fingerprint density at radius 1 is 1.11 bits per heavy atom. The van der Waals surface area contributed by atoms with Gasteiger partial charge in [-0.05, 0) is 0 Å². The summed E-state index contributed by atoms with van der Waals surface area (Å²) in [4.78, 5) is 17.8. The Balaban J connectivity index is 2.17. The SMILES string of the molecule is O=P(O)(O)O[14C@@H]1[C@@H](O)[14C@@H](O[14C@H]2O[C@H](CO)[C@@H](O)[C@H](O)[C@H]2O)O[14C@H]([14CH2]O)[14C@H]1O. The van der Waals surface area contributed by atoms with Gasteiger partial charge in [0.15, 0.2) is 12.6 Å². The van der Waals surface area contributed by atoms with E-state index in [4.69, 9.17) is 29.1 Å². The summed E-state index contributed by atoms with van der Waals surface area (Å²) < 4.78 is 30.7. The molecule has 9 N–H and O–H groups in total. The molecule has 0 spiro atoms. The highest BCUT2D eigenvalue weighted by atomic mass is 31.2. The largest absolute Gasteiger partial charge is 0.470 e. The van der Waals surface area contributed by atoms with Crippen molar-refractivity contribution in [2.24, 2.45) is 0 Å². The minimum Gasteiger partial charge on any atom is -0.394 e. The molecule has 0 saturated carbocycles. The summed E-state index contributed by atoms with van der Waals surface area (Å²) in [5.74, 6) is 0. The van der Waals surface area contributed by atoms with Gasteiger partial charge in [-0.1, -0.05) is 0 Å². The summed E-state index contributed by atoms with van der Waals surface area (Å²) in [7, 11) is -5.16. The predicted molar refractivity (Wildman–Crippen MR) is 79.5 cm³/mol. The van der Waals surface area contributed by atoms with E-state index in [0.29, 0.717) is 0 Å². The minimum atomic E-state index is -5.16. The molecule has 2 saturated heterocycles. The minimum absolute atomic E-state index is 0.749. The van der Waals surface area contributed by atoms with Crippen molar-refractivity contribution >= 4 is 7.82 Å². The molecule has 10 atom stereocenters. The van der Waals surface area contributed by atoms with Crippen molar-refractivity contribution in [1.29, 1.82) is 0 Å². The Morgan fingerprint density at radius 2 is 1.74 bits per heavy atom. The Kier molecular flexibility index (Phi) is 7.68. The highest BCUT2D eigenvalue weighted by molar-refractivity contribution is 7.46. The van der Waals surface area contributed by atoms with E-state index in [1.165, 1.54) is 0 Å². The van der Waals surface area contributed by atoms with Gasteiger partial charge in [0.05, 0.1) is 13.2 Å². The lowest BCUT2D eigenvalue weighted by atomic mass is 10.1. The standard InChI is InChI=1S/C12H23O14P/c13-1-3-5(15)7(17)8(18)11(23-3)25-12-9(19)10(26-27(20,21)22)6(16)4(2-14)24-12/h3-19H,1-2H2,(H2,20,21,22)/t3-,4-,5-,6-,7+,8-,9-,10+,11-,12-/m1/s1/i2+2,4+2,6+2,10+2,11+2,12+2. The molecule has 160 valence electrons. The Bertz CT molecular complexity index is 526. The third-order valence-electron chi connectivity index (χ3n) is 4.20. The van der Waals surface area contributed by atoms with Gasteiger partial charge in [0, 0.05) is 0 Å². The first-order valence-electron chi connectivity index (χ1n) is 7.82. The van der Waals surface area contributed by atoms with E-state index < -0.39 is 82.4 Å². The van der Waals surface area contributed by atoms with Crippen LogP contribution in [0.4, 0.5) is 0 Å². The maximum atomic E-state index is 11.0. The fourth-order valence-corrected chi connectivity index (χ4v) is 3.33. The first kappa shape index (κ1) is 23.0. The van der Waals surface area contributed by atoms with E-state index in [9.17, 15) is 35.2 Å². The maximum absolute atomic E-state index is 11.0. The van der Waals surface area contributed by atoms with Crippen molar-refractivity contribution in [3.05, 3.63) is 0 Å². The van der Waals surface area contributed by atoms with Crippen LogP contribution in [0.15, 0.2) is 0 Å². The smallest absolute Gasteiger partial charge is 0.394 e. The molecular formula is C12H23O14P. The molecule has 0 aromatic heterocycles. The first-order valence-corrected chi connectivity index (χ1v) is 9.35. The van der Waals surface area contributed by atoms with Gasteiger partial charge in [-0.2, -0.15) is 0 Å². The van der Waals surface area contributed by atoms with Crippen LogP contribution in [-0.2, 0) is 23.3 Å². The normalized spacial score (nSPS) is 46.4. The van der Waals surface area contributed by atoms with Crippen molar-refractivity contribution in [2.45, 2.75) is 61.4 Å². The highest BCUT2D eigenvalue weighted by Crippen LogP contribution is 2.41. The number of hydrogen-bond acceptors (Lipinski definition) is 12. The second-order valence-electron chi connectivity index (χ2n) is 6.10. The van der Waals surface area contributed by atoms with E-state index in [1.54, 1.807) is 0 Å². The fraction of sp³-hybridized carbons (Fsp3) is 1.00. The Morgan fingerprint density at radius 3 is 2.26 bits per heavy atom. The monoisotopic (exact) mass is 434 g/mol. The van der Waals surface area contributed by atoms with Crippen LogP contribution in [0.1, 0.15) is 0 Å². The molecule has 0 aromatic rings. The van der Waals surface area contributed by atoms with Gasteiger partial charge in [0.25, 0.3) is 0 Å². The zero-order chi connectivity index (χ0) is 20.5. The van der Waals surface area contributed by atoms with Gasteiger partial charge in [-0.3, -0.25) is 4.52 Å². The van der Waals surface area contributed by atoms with Crippen LogP contribution in [0.2, 0.25) is 0 Å². The zero-order valence-corrected chi connectivity index (χ0v) is 14.6. The topological polar surface area (TPSA) is 236 Å². The Labute approximate surface area is 152 Å². The molecule has 2 aliphatic rings. The molecule has 15 heteroatoms. The fourth-order valence-electron chi connectivity index (χ4n) is 2.76. The van der Waals surface area contributed by atoms with Crippen LogP contribution in [0.25, 0.3) is 0 Å². The molecule has 2 fully saturated rings. The molecule has 0 bridgehead atoms. The number of hydrogen-bond donors (Lipinski definition) is 9. The second-order valence-corrected chi connectivity index (χ2v) is 7.29. The molecule has 2 aliphatic heterocycles. The summed E-state index contributed by atoms with van der Waals surface area (Å²) in [5.41, 5.74) is 0. The summed E-state index contributed by atoms with van der Waals surface area (Å²) in [5, 5.41) is 67.9. The van der Waals surface area contributed by atoms with E-state index in [-0.39, 0.29) is 0 Å². The molecular weight excluding hydrogens is 411 g/mol. The van der Waals surface area contributed by atoms with Crippen LogP contribution < -0.4 is 0 Å². The number of aliphatic hydroxyl groups is 7. The Hall–Kier alpha value is -0.290.